The zero-order valence-electron chi connectivity index (χ0n) is 17.5. The quantitative estimate of drug-likeness (QED) is 0.602. The van der Waals surface area contributed by atoms with Gasteiger partial charge in [0.05, 0.1) is 12.0 Å². The summed E-state index contributed by atoms with van der Waals surface area (Å²) in [4.78, 5) is 36.1. The SMILES string of the molecule is CC1(C)CCc2ccccc2[C@@H](NC(=O)c2ccc(C[C@@H]3CC(=O)NC3=O)cc2)C1. The number of aryl methyl sites for hydroxylation is 1. The number of amides is 3. The molecule has 5 nitrogen and oxygen atoms in total. The zero-order chi connectivity index (χ0) is 21.3. The number of nitrogens with one attached hydrogen (secondary N) is 2. The highest BCUT2D eigenvalue weighted by Crippen LogP contribution is 2.39. The van der Waals surface area contributed by atoms with Gasteiger partial charge in [-0.3, -0.25) is 19.7 Å². The first kappa shape index (κ1) is 20.3. The molecule has 5 heteroatoms. The number of benzene rings is 2. The first-order valence-electron chi connectivity index (χ1n) is 10.6. The molecule has 2 atom stereocenters. The second kappa shape index (κ2) is 8.05. The number of hydrogen-bond acceptors (Lipinski definition) is 3. The second-order valence-corrected chi connectivity index (χ2v) is 9.31. The molecule has 0 aromatic heterocycles. The van der Waals surface area contributed by atoms with E-state index in [1.807, 2.05) is 18.2 Å². The summed E-state index contributed by atoms with van der Waals surface area (Å²) in [5.41, 5.74) is 4.23. The molecule has 0 radical (unpaired) electrons. The molecular weight excluding hydrogens is 376 g/mol. The standard InChI is InChI=1S/C25H28N2O3/c1-25(2)12-11-17-5-3-4-6-20(17)21(15-25)26-23(29)18-9-7-16(8-10-18)13-19-14-22(28)27-24(19)30/h3-10,19,21H,11-15H2,1-2H3,(H,26,29)(H,27,28,30)/t19-,21+/m1/s1. The molecule has 0 saturated carbocycles. The van der Waals surface area contributed by atoms with Gasteiger partial charge < -0.3 is 5.32 Å². The molecule has 4 rings (SSSR count). The molecule has 2 aromatic carbocycles. The summed E-state index contributed by atoms with van der Waals surface area (Å²) in [5.74, 6) is -0.834. The van der Waals surface area contributed by atoms with E-state index in [0.717, 1.165) is 24.8 Å². The lowest BCUT2D eigenvalue weighted by Gasteiger charge is -2.27. The lowest BCUT2D eigenvalue weighted by Crippen LogP contribution is -2.31. The maximum Gasteiger partial charge on any atom is 0.251 e. The number of rotatable bonds is 4. The van der Waals surface area contributed by atoms with Gasteiger partial charge in [0.25, 0.3) is 5.91 Å². The van der Waals surface area contributed by atoms with Crippen molar-refractivity contribution in [3.8, 4) is 0 Å². The highest BCUT2D eigenvalue weighted by atomic mass is 16.2. The van der Waals surface area contributed by atoms with Crippen molar-refractivity contribution in [3.63, 3.8) is 0 Å². The van der Waals surface area contributed by atoms with Crippen molar-refractivity contribution in [2.45, 2.75) is 52.0 Å². The summed E-state index contributed by atoms with van der Waals surface area (Å²) < 4.78 is 0. The average Bonchev–Trinajstić information content (AvgIpc) is 2.96. The predicted octanol–water partition coefficient (Wildman–Crippen LogP) is 3.73. The molecule has 1 fully saturated rings. The summed E-state index contributed by atoms with van der Waals surface area (Å²) in [7, 11) is 0. The second-order valence-electron chi connectivity index (χ2n) is 9.31. The number of imide groups is 1. The van der Waals surface area contributed by atoms with Crippen LogP contribution < -0.4 is 10.6 Å². The van der Waals surface area contributed by atoms with Gasteiger partial charge in [0, 0.05) is 12.0 Å². The fraction of sp³-hybridized carbons (Fsp3) is 0.400. The Morgan fingerprint density at radius 1 is 1.10 bits per heavy atom. The van der Waals surface area contributed by atoms with Crippen LogP contribution >= 0.6 is 0 Å². The van der Waals surface area contributed by atoms with Crippen LogP contribution in [0, 0.1) is 11.3 Å². The molecule has 0 bridgehead atoms. The Balaban J connectivity index is 1.47. The van der Waals surface area contributed by atoms with Crippen molar-refractivity contribution in [2.75, 3.05) is 0 Å². The molecule has 0 spiro atoms. The summed E-state index contributed by atoms with van der Waals surface area (Å²) >= 11 is 0. The molecule has 2 N–H and O–H groups in total. The number of carbonyl (C=O) groups excluding carboxylic acids is 3. The van der Waals surface area contributed by atoms with E-state index in [1.165, 1.54) is 11.1 Å². The van der Waals surface area contributed by atoms with Crippen LogP contribution in [0.4, 0.5) is 0 Å². The monoisotopic (exact) mass is 404 g/mol. The molecule has 2 aliphatic rings. The lowest BCUT2D eigenvalue weighted by molar-refractivity contribution is -0.125. The van der Waals surface area contributed by atoms with Crippen LogP contribution in [0.5, 0.6) is 0 Å². The van der Waals surface area contributed by atoms with Crippen molar-refractivity contribution in [1.82, 2.24) is 10.6 Å². The largest absolute Gasteiger partial charge is 0.345 e. The van der Waals surface area contributed by atoms with E-state index < -0.39 is 0 Å². The normalized spacial score (nSPS) is 22.7. The highest BCUT2D eigenvalue weighted by Gasteiger charge is 2.31. The van der Waals surface area contributed by atoms with E-state index in [-0.39, 0.29) is 41.5 Å². The molecule has 156 valence electrons. The lowest BCUT2D eigenvalue weighted by atomic mass is 9.83. The maximum atomic E-state index is 13.0. The molecule has 3 amide bonds. The van der Waals surface area contributed by atoms with E-state index >= 15 is 0 Å². The van der Waals surface area contributed by atoms with Crippen LogP contribution in [0.1, 0.15) is 66.2 Å². The van der Waals surface area contributed by atoms with Crippen LogP contribution in [0.2, 0.25) is 0 Å². The Hall–Kier alpha value is -2.95. The van der Waals surface area contributed by atoms with Crippen molar-refractivity contribution >= 4 is 17.7 Å². The summed E-state index contributed by atoms with van der Waals surface area (Å²) in [6, 6.07) is 15.7. The minimum absolute atomic E-state index is 0.0147. The average molecular weight is 405 g/mol. The zero-order valence-corrected chi connectivity index (χ0v) is 17.5. The Labute approximate surface area is 177 Å². The van der Waals surface area contributed by atoms with Gasteiger partial charge in [0.1, 0.15) is 0 Å². The Kier molecular flexibility index (Phi) is 5.46. The molecule has 0 unspecified atom stereocenters. The molecule has 1 heterocycles. The first-order chi connectivity index (χ1) is 14.3. The Bertz CT molecular complexity index is 978. The number of hydrogen-bond donors (Lipinski definition) is 2. The topological polar surface area (TPSA) is 75.3 Å². The Morgan fingerprint density at radius 2 is 1.83 bits per heavy atom. The third-order valence-corrected chi connectivity index (χ3v) is 6.33. The summed E-state index contributed by atoms with van der Waals surface area (Å²) in [6.45, 7) is 4.52. The van der Waals surface area contributed by atoms with Crippen LogP contribution in [0.25, 0.3) is 0 Å². The Morgan fingerprint density at radius 3 is 2.53 bits per heavy atom. The van der Waals surface area contributed by atoms with E-state index in [1.54, 1.807) is 12.1 Å². The molecule has 2 aromatic rings. The van der Waals surface area contributed by atoms with Gasteiger partial charge in [-0.25, -0.2) is 0 Å². The summed E-state index contributed by atoms with van der Waals surface area (Å²) in [5, 5.41) is 5.58. The van der Waals surface area contributed by atoms with Gasteiger partial charge in [-0.15, -0.1) is 0 Å². The van der Waals surface area contributed by atoms with E-state index in [4.69, 9.17) is 0 Å². The van der Waals surface area contributed by atoms with Crippen molar-refractivity contribution < 1.29 is 14.4 Å². The molecule has 1 saturated heterocycles. The highest BCUT2D eigenvalue weighted by molar-refractivity contribution is 6.03. The van der Waals surface area contributed by atoms with Gasteiger partial charge in [0.2, 0.25) is 11.8 Å². The third-order valence-electron chi connectivity index (χ3n) is 6.33. The van der Waals surface area contributed by atoms with Crippen molar-refractivity contribution in [3.05, 3.63) is 70.8 Å². The van der Waals surface area contributed by atoms with Gasteiger partial charge in [0.15, 0.2) is 0 Å². The molecular formula is C25H28N2O3. The first-order valence-corrected chi connectivity index (χ1v) is 10.6. The van der Waals surface area contributed by atoms with Crippen LogP contribution in [0.15, 0.2) is 48.5 Å². The smallest absolute Gasteiger partial charge is 0.251 e. The van der Waals surface area contributed by atoms with Gasteiger partial charge in [-0.1, -0.05) is 50.2 Å². The minimum atomic E-state index is -0.318. The fourth-order valence-electron chi connectivity index (χ4n) is 4.56. The van der Waals surface area contributed by atoms with Crippen molar-refractivity contribution in [2.24, 2.45) is 11.3 Å². The maximum absolute atomic E-state index is 13.0. The van der Waals surface area contributed by atoms with Gasteiger partial charge >= 0.3 is 0 Å². The molecule has 1 aliphatic heterocycles. The van der Waals surface area contributed by atoms with E-state index in [0.29, 0.717) is 12.0 Å². The van der Waals surface area contributed by atoms with E-state index in [2.05, 4.69) is 42.7 Å². The van der Waals surface area contributed by atoms with Gasteiger partial charge in [-0.2, -0.15) is 0 Å². The third kappa shape index (κ3) is 4.45. The summed E-state index contributed by atoms with van der Waals surface area (Å²) in [6.07, 6.45) is 3.77. The van der Waals surface area contributed by atoms with E-state index in [9.17, 15) is 14.4 Å². The molecule has 1 aliphatic carbocycles. The van der Waals surface area contributed by atoms with Crippen LogP contribution in [-0.4, -0.2) is 17.7 Å². The number of carbonyl (C=O) groups is 3. The molecule has 30 heavy (non-hydrogen) atoms. The fourth-order valence-corrected chi connectivity index (χ4v) is 4.56. The van der Waals surface area contributed by atoms with Gasteiger partial charge in [-0.05, 0) is 59.9 Å². The number of fused-ring (bicyclic) bond motifs is 1. The van der Waals surface area contributed by atoms with Crippen LogP contribution in [-0.2, 0) is 22.4 Å². The minimum Gasteiger partial charge on any atom is -0.345 e. The van der Waals surface area contributed by atoms with Crippen molar-refractivity contribution in [1.29, 1.82) is 0 Å². The predicted molar refractivity (Wildman–Crippen MR) is 115 cm³/mol. The van der Waals surface area contributed by atoms with Crippen LogP contribution in [0.3, 0.4) is 0 Å².